The van der Waals surface area contributed by atoms with Gasteiger partial charge in [0.05, 0.1) is 32.3 Å². The van der Waals surface area contributed by atoms with Crippen molar-refractivity contribution in [2.45, 2.75) is 83.4 Å². The zero-order valence-electron chi connectivity index (χ0n) is 25.5. The molecule has 3 heterocycles. The number of nitrogens with two attached hydrogens (primary N) is 1. The molecule has 0 aromatic carbocycles. The van der Waals surface area contributed by atoms with E-state index in [0.717, 1.165) is 11.8 Å². The van der Waals surface area contributed by atoms with Gasteiger partial charge in [-0.05, 0) is 27.7 Å². The van der Waals surface area contributed by atoms with Gasteiger partial charge in [0.1, 0.15) is 18.2 Å². The number of carbonyl (C=O) groups excluding carboxylic acids is 2. The largest absolute Gasteiger partial charge is 0.476 e. The van der Waals surface area contributed by atoms with E-state index in [-0.39, 0.29) is 40.5 Å². The molecule has 0 radical (unpaired) electrons. The second-order valence-electron chi connectivity index (χ2n) is 11.1. The second kappa shape index (κ2) is 14.8. The number of carbonyl (C=O) groups is 2. The second-order valence-corrected chi connectivity index (χ2v) is 15.4. The van der Waals surface area contributed by atoms with Crippen LogP contribution in [0.5, 0.6) is 5.88 Å². The minimum atomic E-state index is -4.26. The summed E-state index contributed by atoms with van der Waals surface area (Å²) >= 11 is 14.2. The molecule has 15 nitrogen and oxygen atoms in total. The molecule has 44 heavy (non-hydrogen) atoms. The van der Waals surface area contributed by atoms with Crippen LogP contribution in [0, 0.1) is 5.41 Å². The van der Waals surface area contributed by atoms with E-state index in [4.69, 9.17) is 52.2 Å². The molecule has 0 bridgehead atoms. The quantitative estimate of drug-likeness (QED) is 0.112. The molecule has 1 unspecified atom stereocenters. The average Bonchev–Trinajstić information content (AvgIpc) is 3.42. The fourth-order valence-corrected chi connectivity index (χ4v) is 6.82. The fourth-order valence-electron chi connectivity index (χ4n) is 3.84. The molecular weight excluding hydrogens is 662 g/mol. The highest BCUT2D eigenvalue weighted by Crippen LogP contribution is 2.50. The minimum absolute atomic E-state index is 0.0831. The maximum absolute atomic E-state index is 13.8. The number of thioether (sulfide) groups is 1. The molecule has 0 spiro atoms. The summed E-state index contributed by atoms with van der Waals surface area (Å²) in [7, 11) is -4.26. The van der Waals surface area contributed by atoms with Crippen LogP contribution in [-0.2, 0) is 32.7 Å². The van der Waals surface area contributed by atoms with Gasteiger partial charge in [-0.3, -0.25) is 23.2 Å². The molecule has 248 valence electrons. The van der Waals surface area contributed by atoms with Gasteiger partial charge in [-0.1, -0.05) is 55.7 Å². The molecule has 0 amide bonds. The standard InChI is InChI=1S/C25H39Cl2N6O9PS/c1-8-38-19-16-18(30-23(28)31-19)33(12-29-16)21-25(26,27)17(34)15(42-21)11-40-43(37,32-14(4)20(35)41-13(2)3)39-9-10-44-22(36)24(5,6)7/h12-15,17,21,34H,8-11H2,1-7H3,(H,32,37)(H2,28,30,31)/t14-,15-,17-,21-,43?/m1/s1. The van der Waals surface area contributed by atoms with Crippen molar-refractivity contribution in [3.05, 3.63) is 6.33 Å². The molecule has 2 aromatic rings. The number of ether oxygens (including phenoxy) is 3. The first-order valence-electron chi connectivity index (χ1n) is 13.8. The number of anilines is 1. The maximum atomic E-state index is 13.8. The highest BCUT2D eigenvalue weighted by molar-refractivity contribution is 8.13. The monoisotopic (exact) mass is 700 g/mol. The van der Waals surface area contributed by atoms with Gasteiger partial charge in [0.15, 0.2) is 26.8 Å². The van der Waals surface area contributed by atoms with Crippen molar-refractivity contribution < 1.29 is 42.5 Å². The van der Waals surface area contributed by atoms with Gasteiger partial charge in [0.25, 0.3) is 0 Å². The van der Waals surface area contributed by atoms with Gasteiger partial charge in [-0.2, -0.15) is 9.97 Å². The Morgan fingerprint density at radius 2 is 1.95 bits per heavy atom. The number of imidazole rings is 1. The lowest BCUT2D eigenvalue weighted by Crippen LogP contribution is -2.39. The minimum Gasteiger partial charge on any atom is -0.476 e. The molecule has 1 aliphatic heterocycles. The van der Waals surface area contributed by atoms with Gasteiger partial charge >= 0.3 is 13.7 Å². The Balaban J connectivity index is 1.78. The molecule has 1 aliphatic rings. The molecule has 4 N–H and O–H groups in total. The van der Waals surface area contributed by atoms with E-state index in [1.54, 1.807) is 41.5 Å². The van der Waals surface area contributed by atoms with Crippen LogP contribution in [0.3, 0.4) is 0 Å². The van der Waals surface area contributed by atoms with E-state index in [9.17, 15) is 19.3 Å². The van der Waals surface area contributed by atoms with E-state index < -0.39 is 60.7 Å². The molecule has 5 atom stereocenters. The Morgan fingerprint density at radius 1 is 1.27 bits per heavy atom. The predicted molar refractivity (Wildman–Crippen MR) is 166 cm³/mol. The lowest BCUT2D eigenvalue weighted by atomic mass is 10.00. The zero-order valence-corrected chi connectivity index (χ0v) is 28.7. The van der Waals surface area contributed by atoms with Crippen molar-refractivity contribution in [1.29, 1.82) is 0 Å². The average molecular weight is 702 g/mol. The van der Waals surface area contributed by atoms with Crippen LogP contribution in [0.15, 0.2) is 6.33 Å². The van der Waals surface area contributed by atoms with Crippen LogP contribution in [0.25, 0.3) is 11.2 Å². The molecule has 0 aliphatic carbocycles. The molecule has 0 saturated carbocycles. The first-order chi connectivity index (χ1) is 20.4. The van der Waals surface area contributed by atoms with E-state index >= 15 is 0 Å². The van der Waals surface area contributed by atoms with Crippen LogP contribution in [0.1, 0.15) is 54.7 Å². The number of fused-ring (bicyclic) bond motifs is 1. The number of aliphatic hydroxyl groups excluding tert-OH is 1. The van der Waals surface area contributed by atoms with Crippen LogP contribution in [0.2, 0.25) is 0 Å². The molecule has 19 heteroatoms. The van der Waals surface area contributed by atoms with Gasteiger partial charge in [0.2, 0.25) is 11.8 Å². The van der Waals surface area contributed by atoms with Crippen molar-refractivity contribution in [3.8, 4) is 5.88 Å². The van der Waals surface area contributed by atoms with Gasteiger partial charge in [-0.25, -0.2) is 14.6 Å². The molecular formula is C25H39Cl2N6O9PS. The van der Waals surface area contributed by atoms with Crippen molar-refractivity contribution in [1.82, 2.24) is 24.6 Å². The SMILES string of the molecule is CCOc1nc(N)nc2c1ncn2[C@@H]1O[C@H](COP(=O)(N[C@H](C)C(=O)OC(C)C)OCCSC(=O)C(C)(C)C)[C@@H](O)C1(Cl)Cl. The van der Waals surface area contributed by atoms with E-state index in [1.807, 2.05) is 0 Å². The van der Waals surface area contributed by atoms with Crippen LogP contribution >= 0.6 is 42.7 Å². The highest BCUT2D eigenvalue weighted by atomic mass is 35.5. The summed E-state index contributed by atoms with van der Waals surface area (Å²) in [6.07, 6.45) is -3.13. The van der Waals surface area contributed by atoms with Crippen LogP contribution in [-0.4, -0.2) is 90.0 Å². The lowest BCUT2D eigenvalue weighted by molar-refractivity contribution is -0.149. The van der Waals surface area contributed by atoms with E-state index in [1.165, 1.54) is 17.8 Å². The van der Waals surface area contributed by atoms with Crippen LogP contribution < -0.4 is 15.6 Å². The molecule has 2 aromatic heterocycles. The third kappa shape index (κ3) is 8.95. The number of nitrogen functional groups attached to an aromatic ring is 1. The maximum Gasteiger partial charge on any atom is 0.406 e. The third-order valence-electron chi connectivity index (χ3n) is 5.98. The van der Waals surface area contributed by atoms with Crippen molar-refractivity contribution in [3.63, 3.8) is 0 Å². The first-order valence-corrected chi connectivity index (χ1v) is 17.1. The van der Waals surface area contributed by atoms with Crippen LogP contribution in [0.4, 0.5) is 5.95 Å². The summed E-state index contributed by atoms with van der Waals surface area (Å²) in [6, 6.07) is -1.10. The van der Waals surface area contributed by atoms with Gasteiger partial charge in [0, 0.05) is 11.2 Å². The summed E-state index contributed by atoms with van der Waals surface area (Å²) in [5.41, 5.74) is 5.71. The third-order valence-corrected chi connectivity index (χ3v) is 9.76. The Bertz CT molecular complexity index is 1380. The predicted octanol–water partition coefficient (Wildman–Crippen LogP) is 3.62. The zero-order chi connectivity index (χ0) is 33.0. The van der Waals surface area contributed by atoms with E-state index in [2.05, 4.69) is 20.0 Å². The Morgan fingerprint density at radius 3 is 2.57 bits per heavy atom. The number of halogens is 2. The lowest BCUT2D eigenvalue weighted by Gasteiger charge is -2.25. The summed E-state index contributed by atoms with van der Waals surface area (Å²) in [6.45, 7) is 11.5. The Hall–Kier alpha value is -1.75. The number of alkyl halides is 2. The number of aliphatic hydroxyl groups is 1. The van der Waals surface area contributed by atoms with Gasteiger partial charge in [-0.15, -0.1) is 0 Å². The summed E-state index contributed by atoms with van der Waals surface area (Å²) in [4.78, 5) is 37.2. The molecule has 1 saturated heterocycles. The number of hydrogen-bond acceptors (Lipinski definition) is 14. The Kier molecular flexibility index (Phi) is 12.3. The summed E-state index contributed by atoms with van der Waals surface area (Å²) in [5, 5.41) is 13.5. The topological polar surface area (TPSA) is 199 Å². The smallest absolute Gasteiger partial charge is 0.406 e. The number of rotatable bonds is 14. The summed E-state index contributed by atoms with van der Waals surface area (Å²) < 4.78 is 41.0. The van der Waals surface area contributed by atoms with Gasteiger partial charge < -0.3 is 25.1 Å². The number of esters is 1. The number of nitrogens with one attached hydrogen (secondary N) is 1. The Labute approximate surface area is 269 Å². The van der Waals surface area contributed by atoms with E-state index in [0.29, 0.717) is 6.61 Å². The first kappa shape index (κ1) is 36.7. The number of hydrogen-bond donors (Lipinski definition) is 3. The normalized spacial score (nSPS) is 22.2. The fraction of sp³-hybridized carbons (Fsp3) is 0.720. The van der Waals surface area contributed by atoms with Crippen molar-refractivity contribution in [2.75, 3.05) is 31.3 Å². The molecule has 1 fully saturated rings. The number of aromatic nitrogens is 4. The van der Waals surface area contributed by atoms with Crippen molar-refractivity contribution in [2.24, 2.45) is 5.41 Å². The highest BCUT2D eigenvalue weighted by Gasteiger charge is 2.56. The molecule has 3 rings (SSSR count). The summed E-state index contributed by atoms with van der Waals surface area (Å²) in [5.74, 6) is -0.497. The number of nitrogens with zero attached hydrogens (tertiary/aromatic N) is 4. The van der Waals surface area contributed by atoms with Crippen molar-refractivity contribution >= 4 is 70.9 Å².